The highest BCUT2D eigenvalue weighted by atomic mass is 35.5. The second-order valence-corrected chi connectivity index (χ2v) is 9.46. The number of aliphatic carboxylic acids is 1. The van der Waals surface area contributed by atoms with Crippen molar-refractivity contribution in [2.45, 2.75) is 58.4 Å². The van der Waals surface area contributed by atoms with Gasteiger partial charge in [0.2, 0.25) is 5.91 Å². The molecule has 0 bridgehead atoms. The van der Waals surface area contributed by atoms with Gasteiger partial charge in [0.25, 0.3) is 0 Å². The van der Waals surface area contributed by atoms with Crippen LogP contribution in [-0.2, 0) is 9.59 Å². The van der Waals surface area contributed by atoms with E-state index in [0.29, 0.717) is 17.3 Å². The number of carboxylic acids is 1. The fraction of sp³-hybridized carbons (Fsp3) is 0.423. The number of fused-ring (bicyclic) bond motifs is 1. The lowest BCUT2D eigenvalue weighted by atomic mass is 9.89. The second-order valence-electron chi connectivity index (χ2n) is 9.03. The highest BCUT2D eigenvalue weighted by Gasteiger charge is 2.26. The maximum Gasteiger partial charge on any atom is 0.326 e. The van der Waals surface area contributed by atoms with Gasteiger partial charge >= 0.3 is 5.97 Å². The van der Waals surface area contributed by atoms with Crippen molar-refractivity contribution in [3.05, 3.63) is 53.6 Å². The summed E-state index contributed by atoms with van der Waals surface area (Å²) >= 11 is 6.12. The fourth-order valence-corrected chi connectivity index (χ4v) is 4.53. The van der Waals surface area contributed by atoms with Gasteiger partial charge in [0.1, 0.15) is 11.9 Å². The molecule has 176 valence electrons. The van der Waals surface area contributed by atoms with Gasteiger partial charge in [-0.2, -0.15) is 0 Å². The summed E-state index contributed by atoms with van der Waals surface area (Å²) in [6.45, 7) is 4.04. The number of hydrogen-bond acceptors (Lipinski definition) is 3. The summed E-state index contributed by atoms with van der Waals surface area (Å²) < 4.78 is 1.82. The van der Waals surface area contributed by atoms with Crippen LogP contribution in [0.15, 0.2) is 48.5 Å². The zero-order valence-electron chi connectivity index (χ0n) is 19.2. The number of nitrogens with two attached hydrogens (primary N) is 1. The molecule has 1 aliphatic rings. The van der Waals surface area contributed by atoms with Crippen LogP contribution in [-0.4, -0.2) is 26.5 Å². The second kappa shape index (κ2) is 11.3. The summed E-state index contributed by atoms with van der Waals surface area (Å²) in [7, 11) is 0. The van der Waals surface area contributed by atoms with Crippen molar-refractivity contribution in [3.63, 3.8) is 0 Å². The molecule has 1 heterocycles. The first kappa shape index (κ1) is 24.8. The number of benzene rings is 2. The third kappa shape index (κ3) is 6.35. The molecule has 6 nitrogen and oxygen atoms in total. The Morgan fingerprint density at radius 1 is 1.12 bits per heavy atom. The molecule has 33 heavy (non-hydrogen) atoms. The molecule has 1 aliphatic carbocycles. The van der Waals surface area contributed by atoms with Gasteiger partial charge < -0.3 is 15.4 Å². The molecule has 0 spiro atoms. The number of carbonyl (C=O) groups is 2. The smallest absolute Gasteiger partial charge is 0.326 e. The predicted molar refractivity (Wildman–Crippen MR) is 132 cm³/mol. The number of rotatable bonds is 6. The van der Waals surface area contributed by atoms with E-state index in [1.165, 1.54) is 19.3 Å². The van der Waals surface area contributed by atoms with Crippen LogP contribution >= 0.6 is 11.6 Å². The molecule has 3 aromatic rings. The van der Waals surface area contributed by atoms with Gasteiger partial charge in [-0.05, 0) is 49.4 Å². The summed E-state index contributed by atoms with van der Waals surface area (Å²) in [6.07, 6.45) is 6.24. The lowest BCUT2D eigenvalue weighted by Gasteiger charge is -2.20. The lowest BCUT2D eigenvalue weighted by molar-refractivity contribution is -0.141. The van der Waals surface area contributed by atoms with E-state index in [0.717, 1.165) is 29.4 Å². The molecule has 1 unspecified atom stereocenters. The molecule has 2 aromatic carbocycles. The highest BCUT2D eigenvalue weighted by molar-refractivity contribution is 6.30. The number of primary amides is 1. The number of hydrogen-bond donors (Lipinski definition) is 2. The van der Waals surface area contributed by atoms with Crippen molar-refractivity contribution in [1.82, 2.24) is 9.55 Å². The number of halogens is 1. The largest absolute Gasteiger partial charge is 0.480 e. The van der Waals surface area contributed by atoms with E-state index in [1.54, 1.807) is 6.07 Å². The maximum atomic E-state index is 12.0. The minimum absolute atomic E-state index is 0.102. The molecule has 0 saturated heterocycles. The van der Waals surface area contributed by atoms with E-state index in [4.69, 9.17) is 17.3 Å². The standard InChI is InChI=1S/C19H19ClN2O2.C7H13NO/c1-12(2)10-17(19(23)24)22-16-9-4-3-8-15(16)21-18(22)13-6-5-7-14(20)11-13;8-7(9)6-4-2-1-3-5-6/h3-9,11-12,17H,10H2,1-2H3,(H,23,24);6H,1-5H2,(H2,8,9). The Kier molecular flexibility index (Phi) is 8.50. The SMILES string of the molecule is CC(C)CC(C(=O)O)n1c(-c2cccc(Cl)c2)nc2ccccc21.NC(=O)C1CCCCC1. The third-order valence-corrected chi connectivity index (χ3v) is 6.21. The molecule has 0 radical (unpaired) electrons. The minimum Gasteiger partial charge on any atom is -0.480 e. The first-order chi connectivity index (χ1) is 15.8. The Balaban J connectivity index is 0.000000286. The highest BCUT2D eigenvalue weighted by Crippen LogP contribution is 2.32. The predicted octanol–water partition coefficient (Wildman–Crippen LogP) is 6.08. The van der Waals surface area contributed by atoms with E-state index < -0.39 is 12.0 Å². The van der Waals surface area contributed by atoms with Crippen LogP contribution in [0.1, 0.15) is 58.4 Å². The normalized spacial score (nSPS) is 15.2. The Hall–Kier alpha value is -2.86. The average molecular weight is 470 g/mol. The summed E-state index contributed by atoms with van der Waals surface area (Å²) in [5, 5.41) is 10.4. The van der Waals surface area contributed by atoms with E-state index >= 15 is 0 Å². The van der Waals surface area contributed by atoms with Crippen LogP contribution in [0.25, 0.3) is 22.4 Å². The molecule has 3 N–H and O–H groups in total. The summed E-state index contributed by atoms with van der Waals surface area (Å²) in [5.41, 5.74) is 7.54. The molecular formula is C26H32ClN3O3. The summed E-state index contributed by atoms with van der Waals surface area (Å²) in [6, 6.07) is 14.3. The van der Waals surface area contributed by atoms with Gasteiger partial charge in [-0.1, -0.05) is 69.0 Å². The number of amides is 1. The van der Waals surface area contributed by atoms with Gasteiger partial charge in [-0.3, -0.25) is 4.79 Å². The van der Waals surface area contributed by atoms with Crippen molar-refractivity contribution >= 4 is 34.5 Å². The number of carboxylic acid groups (broad SMARTS) is 1. The van der Waals surface area contributed by atoms with Gasteiger partial charge in [0.15, 0.2) is 0 Å². The molecule has 0 aliphatic heterocycles. The van der Waals surface area contributed by atoms with Crippen LogP contribution in [0.5, 0.6) is 0 Å². The number of carbonyl (C=O) groups excluding carboxylic acids is 1. The zero-order valence-corrected chi connectivity index (χ0v) is 20.0. The van der Waals surface area contributed by atoms with Crippen molar-refractivity contribution in [1.29, 1.82) is 0 Å². The van der Waals surface area contributed by atoms with Crippen molar-refractivity contribution in [2.75, 3.05) is 0 Å². The lowest BCUT2D eigenvalue weighted by Crippen LogP contribution is -2.24. The number of imidazole rings is 1. The molecule has 1 amide bonds. The molecule has 1 saturated carbocycles. The summed E-state index contributed by atoms with van der Waals surface area (Å²) in [5.74, 6) is 0.120. The monoisotopic (exact) mass is 469 g/mol. The fourth-order valence-electron chi connectivity index (χ4n) is 4.34. The average Bonchev–Trinajstić information content (AvgIpc) is 3.17. The summed E-state index contributed by atoms with van der Waals surface area (Å²) in [4.78, 5) is 27.2. The van der Waals surface area contributed by atoms with Crippen molar-refractivity contribution < 1.29 is 14.7 Å². The Bertz CT molecular complexity index is 1100. The number of nitrogens with zero attached hydrogens (tertiary/aromatic N) is 2. The molecule has 1 aromatic heterocycles. The Morgan fingerprint density at radius 2 is 1.82 bits per heavy atom. The first-order valence-corrected chi connectivity index (χ1v) is 11.9. The van der Waals surface area contributed by atoms with E-state index in [9.17, 15) is 14.7 Å². The van der Waals surface area contributed by atoms with Crippen molar-refractivity contribution in [3.8, 4) is 11.4 Å². The van der Waals surface area contributed by atoms with Gasteiger partial charge in [-0.15, -0.1) is 0 Å². The minimum atomic E-state index is -0.852. The van der Waals surface area contributed by atoms with Crippen LogP contribution in [0.4, 0.5) is 0 Å². The third-order valence-electron chi connectivity index (χ3n) is 5.98. The van der Waals surface area contributed by atoms with E-state index in [-0.39, 0.29) is 17.7 Å². The Labute approximate surface area is 199 Å². The Morgan fingerprint density at radius 3 is 2.39 bits per heavy atom. The number of para-hydroxylation sites is 2. The topological polar surface area (TPSA) is 98.2 Å². The van der Waals surface area contributed by atoms with Crippen molar-refractivity contribution in [2.24, 2.45) is 17.6 Å². The number of aromatic nitrogens is 2. The van der Waals surface area contributed by atoms with Gasteiger partial charge in [0.05, 0.1) is 11.0 Å². The van der Waals surface area contributed by atoms with Crippen LogP contribution in [0.3, 0.4) is 0 Å². The molecule has 4 rings (SSSR count). The zero-order chi connectivity index (χ0) is 24.0. The molecule has 1 fully saturated rings. The molecular weight excluding hydrogens is 438 g/mol. The molecule has 1 atom stereocenters. The van der Waals surface area contributed by atoms with Crippen LogP contribution in [0.2, 0.25) is 5.02 Å². The van der Waals surface area contributed by atoms with Crippen LogP contribution < -0.4 is 5.73 Å². The molecule has 7 heteroatoms. The first-order valence-electron chi connectivity index (χ1n) is 11.5. The van der Waals surface area contributed by atoms with E-state index in [1.807, 2.05) is 60.9 Å². The van der Waals surface area contributed by atoms with Crippen LogP contribution in [0, 0.1) is 11.8 Å². The maximum absolute atomic E-state index is 12.0. The quantitative estimate of drug-likeness (QED) is 0.457. The van der Waals surface area contributed by atoms with E-state index in [2.05, 4.69) is 4.98 Å². The van der Waals surface area contributed by atoms with Gasteiger partial charge in [-0.25, -0.2) is 9.78 Å². The van der Waals surface area contributed by atoms with Gasteiger partial charge in [0, 0.05) is 16.5 Å².